The van der Waals surface area contributed by atoms with Crippen molar-refractivity contribution in [3.63, 3.8) is 0 Å². The molecule has 1 rings (SSSR count). The first kappa shape index (κ1) is 10.4. The highest BCUT2D eigenvalue weighted by Crippen LogP contribution is 2.13. The predicted molar refractivity (Wildman–Crippen MR) is 53.4 cm³/mol. The Morgan fingerprint density at radius 2 is 2.07 bits per heavy atom. The van der Waals surface area contributed by atoms with Gasteiger partial charge in [-0.05, 0) is 17.7 Å². The van der Waals surface area contributed by atoms with Crippen molar-refractivity contribution in [2.24, 2.45) is 5.73 Å². The zero-order valence-corrected chi connectivity index (χ0v) is 8.03. The molecule has 1 unspecified atom stereocenters. The molecule has 0 aliphatic rings. The van der Waals surface area contributed by atoms with Gasteiger partial charge in [-0.1, -0.05) is 19.1 Å². The Morgan fingerprint density at radius 3 is 2.50 bits per heavy atom. The minimum Gasteiger partial charge on any atom is -0.318 e. The van der Waals surface area contributed by atoms with Crippen LogP contribution < -0.4 is 5.73 Å². The smallest absolute Gasteiger partial charge is 0.153 e. The van der Waals surface area contributed by atoms with E-state index in [0.717, 1.165) is 5.56 Å². The van der Waals surface area contributed by atoms with E-state index in [1.807, 2.05) is 6.07 Å². The molecule has 1 atom stereocenters. The topological polar surface area (TPSA) is 66.9 Å². The van der Waals surface area contributed by atoms with Crippen LogP contribution >= 0.6 is 0 Å². The normalized spacial score (nSPS) is 11.8. The number of nitrogens with zero attached hydrogens (tertiary/aromatic N) is 1. The largest absolute Gasteiger partial charge is 0.318 e. The number of carbonyl (C=O) groups excluding carboxylic acids is 1. The van der Waals surface area contributed by atoms with Gasteiger partial charge in [-0.15, -0.1) is 0 Å². The number of benzene rings is 1. The lowest BCUT2D eigenvalue weighted by Crippen LogP contribution is -2.20. The average Bonchev–Trinajstić information content (AvgIpc) is 2.27. The van der Waals surface area contributed by atoms with Crippen molar-refractivity contribution in [1.82, 2.24) is 0 Å². The van der Waals surface area contributed by atoms with Gasteiger partial charge >= 0.3 is 0 Å². The van der Waals surface area contributed by atoms with Gasteiger partial charge < -0.3 is 5.73 Å². The fourth-order valence-corrected chi connectivity index (χ4v) is 1.17. The minimum absolute atomic E-state index is 0.00899. The van der Waals surface area contributed by atoms with Gasteiger partial charge in [0.15, 0.2) is 5.78 Å². The number of rotatable bonds is 3. The molecule has 14 heavy (non-hydrogen) atoms. The molecule has 3 nitrogen and oxygen atoms in total. The molecule has 2 N–H and O–H groups in total. The van der Waals surface area contributed by atoms with E-state index in [1.165, 1.54) is 0 Å². The number of ketones is 1. The molecule has 0 heterocycles. The van der Waals surface area contributed by atoms with Gasteiger partial charge in [0.2, 0.25) is 0 Å². The Morgan fingerprint density at radius 1 is 1.50 bits per heavy atom. The molecule has 0 saturated heterocycles. The van der Waals surface area contributed by atoms with Crippen LogP contribution in [0, 0.1) is 11.3 Å². The highest BCUT2D eigenvalue weighted by Gasteiger charge is 2.12. The molecule has 0 aliphatic heterocycles. The van der Waals surface area contributed by atoms with E-state index in [4.69, 9.17) is 11.0 Å². The maximum atomic E-state index is 11.3. The Hall–Kier alpha value is -1.66. The summed E-state index contributed by atoms with van der Waals surface area (Å²) in [7, 11) is 0. The van der Waals surface area contributed by atoms with Crippen molar-refractivity contribution in [3.8, 4) is 6.07 Å². The molecule has 3 heteroatoms. The molecular formula is C11H12N2O. The number of nitrogens with two attached hydrogens (primary N) is 1. The SMILES string of the molecule is CCC(=O)C(N)c1ccc(C#N)cc1. The zero-order valence-electron chi connectivity index (χ0n) is 8.03. The maximum Gasteiger partial charge on any atom is 0.153 e. The van der Waals surface area contributed by atoms with Gasteiger partial charge in [-0.2, -0.15) is 5.26 Å². The van der Waals surface area contributed by atoms with Crippen LogP contribution in [-0.2, 0) is 4.79 Å². The molecule has 72 valence electrons. The molecule has 0 amide bonds. The Balaban J connectivity index is 2.88. The van der Waals surface area contributed by atoms with Crippen LogP contribution in [0.1, 0.15) is 30.5 Å². The first-order valence-corrected chi connectivity index (χ1v) is 4.47. The summed E-state index contributed by atoms with van der Waals surface area (Å²) in [6.07, 6.45) is 0.432. The maximum absolute atomic E-state index is 11.3. The summed E-state index contributed by atoms with van der Waals surface area (Å²) in [6.45, 7) is 1.78. The molecular weight excluding hydrogens is 176 g/mol. The number of Topliss-reactive ketones (excluding diaryl/α,β-unsaturated/α-hetero) is 1. The van der Waals surface area contributed by atoms with E-state index in [1.54, 1.807) is 31.2 Å². The van der Waals surface area contributed by atoms with Crippen molar-refractivity contribution in [1.29, 1.82) is 5.26 Å². The predicted octanol–water partition coefficient (Wildman–Crippen LogP) is 1.54. The first-order valence-electron chi connectivity index (χ1n) is 4.47. The second-order valence-corrected chi connectivity index (χ2v) is 3.03. The van der Waals surface area contributed by atoms with Crippen molar-refractivity contribution < 1.29 is 4.79 Å². The summed E-state index contributed by atoms with van der Waals surface area (Å²) in [5.74, 6) is 0.00899. The van der Waals surface area contributed by atoms with Crippen LogP contribution in [0.3, 0.4) is 0 Å². The standard InChI is InChI=1S/C11H12N2O/c1-2-10(14)11(13)9-5-3-8(7-12)4-6-9/h3-6,11H,2,13H2,1H3. The zero-order chi connectivity index (χ0) is 10.6. The third-order valence-electron chi connectivity index (χ3n) is 2.09. The highest BCUT2D eigenvalue weighted by molar-refractivity contribution is 5.84. The Labute approximate surface area is 83.2 Å². The summed E-state index contributed by atoms with van der Waals surface area (Å²) < 4.78 is 0. The summed E-state index contributed by atoms with van der Waals surface area (Å²) in [4.78, 5) is 11.3. The monoisotopic (exact) mass is 188 g/mol. The van der Waals surface area contributed by atoms with Gasteiger partial charge in [-0.3, -0.25) is 4.79 Å². The average molecular weight is 188 g/mol. The van der Waals surface area contributed by atoms with Crippen LogP contribution in [0.25, 0.3) is 0 Å². The lowest BCUT2D eigenvalue weighted by atomic mass is 10.0. The van der Waals surface area contributed by atoms with E-state index < -0.39 is 6.04 Å². The third kappa shape index (κ3) is 2.18. The van der Waals surface area contributed by atoms with Gasteiger partial charge in [0, 0.05) is 6.42 Å². The number of nitriles is 1. The fraction of sp³-hybridized carbons (Fsp3) is 0.273. The molecule has 0 spiro atoms. The molecule has 1 aromatic rings. The molecule has 0 aromatic heterocycles. The molecule has 0 bridgehead atoms. The first-order chi connectivity index (χ1) is 6.69. The van der Waals surface area contributed by atoms with Crippen LogP contribution in [0.4, 0.5) is 0 Å². The van der Waals surface area contributed by atoms with Crippen molar-refractivity contribution in [3.05, 3.63) is 35.4 Å². The fourth-order valence-electron chi connectivity index (χ4n) is 1.17. The summed E-state index contributed by atoms with van der Waals surface area (Å²) >= 11 is 0. The van der Waals surface area contributed by atoms with Gasteiger partial charge in [0.1, 0.15) is 0 Å². The molecule has 0 fully saturated rings. The van der Waals surface area contributed by atoms with Crippen molar-refractivity contribution in [2.75, 3.05) is 0 Å². The van der Waals surface area contributed by atoms with Crippen molar-refractivity contribution >= 4 is 5.78 Å². The van der Waals surface area contributed by atoms with Gasteiger partial charge in [0.25, 0.3) is 0 Å². The number of carbonyl (C=O) groups is 1. The van der Waals surface area contributed by atoms with Crippen LogP contribution in [0.15, 0.2) is 24.3 Å². The quantitative estimate of drug-likeness (QED) is 0.782. The second-order valence-electron chi connectivity index (χ2n) is 3.03. The highest BCUT2D eigenvalue weighted by atomic mass is 16.1. The van der Waals surface area contributed by atoms with E-state index in [0.29, 0.717) is 12.0 Å². The second kappa shape index (κ2) is 4.54. The molecule has 1 aromatic carbocycles. The minimum atomic E-state index is -0.562. The lowest BCUT2D eigenvalue weighted by Gasteiger charge is -2.08. The number of hydrogen-bond donors (Lipinski definition) is 1. The molecule has 0 saturated carbocycles. The van der Waals surface area contributed by atoms with Gasteiger partial charge in [0.05, 0.1) is 17.7 Å². The van der Waals surface area contributed by atoms with E-state index >= 15 is 0 Å². The van der Waals surface area contributed by atoms with Gasteiger partial charge in [-0.25, -0.2) is 0 Å². The molecule has 0 radical (unpaired) electrons. The van der Waals surface area contributed by atoms with E-state index in [-0.39, 0.29) is 5.78 Å². The summed E-state index contributed by atoms with van der Waals surface area (Å²) in [5, 5.41) is 8.57. The van der Waals surface area contributed by atoms with E-state index in [2.05, 4.69) is 0 Å². The summed E-state index contributed by atoms with van der Waals surface area (Å²) in [6, 6.07) is 8.22. The Kier molecular flexibility index (Phi) is 3.38. The number of hydrogen-bond acceptors (Lipinski definition) is 3. The van der Waals surface area contributed by atoms with Crippen LogP contribution in [0.5, 0.6) is 0 Å². The van der Waals surface area contributed by atoms with E-state index in [9.17, 15) is 4.79 Å². The summed E-state index contributed by atoms with van der Waals surface area (Å²) in [5.41, 5.74) is 7.04. The van der Waals surface area contributed by atoms with Crippen LogP contribution in [0.2, 0.25) is 0 Å². The lowest BCUT2D eigenvalue weighted by molar-refractivity contribution is -0.120. The Bertz CT molecular complexity index is 362. The third-order valence-corrected chi connectivity index (χ3v) is 2.09. The van der Waals surface area contributed by atoms with Crippen molar-refractivity contribution in [2.45, 2.75) is 19.4 Å². The van der Waals surface area contributed by atoms with Crippen LogP contribution in [-0.4, -0.2) is 5.78 Å². The molecule has 0 aliphatic carbocycles.